The highest BCUT2D eigenvalue weighted by Crippen LogP contribution is 2.31. The highest BCUT2D eigenvalue weighted by Gasteiger charge is 2.23. The van der Waals surface area contributed by atoms with E-state index in [1.54, 1.807) is 7.11 Å². The van der Waals surface area contributed by atoms with Crippen molar-refractivity contribution in [3.63, 3.8) is 0 Å². The molecule has 0 aromatic heterocycles. The van der Waals surface area contributed by atoms with Crippen molar-refractivity contribution >= 4 is 0 Å². The molecule has 1 N–H and O–H groups in total. The van der Waals surface area contributed by atoms with Crippen molar-refractivity contribution in [2.24, 2.45) is 5.92 Å². The second kappa shape index (κ2) is 6.42. The Kier molecular flexibility index (Phi) is 4.87. The van der Waals surface area contributed by atoms with Gasteiger partial charge in [0.2, 0.25) is 0 Å². The molecule has 0 aliphatic heterocycles. The van der Waals surface area contributed by atoms with Crippen molar-refractivity contribution in [1.29, 1.82) is 0 Å². The molecule has 0 saturated heterocycles. The fraction of sp³-hybridized carbons (Fsp3) is 0.647. The van der Waals surface area contributed by atoms with Crippen LogP contribution in [0.3, 0.4) is 0 Å². The number of benzene rings is 1. The van der Waals surface area contributed by atoms with Crippen LogP contribution in [0.1, 0.15) is 56.7 Å². The lowest BCUT2D eigenvalue weighted by Gasteiger charge is -2.26. The first-order valence-corrected chi connectivity index (χ1v) is 7.52. The summed E-state index contributed by atoms with van der Waals surface area (Å²) in [6, 6.07) is 7.40. The topological polar surface area (TPSA) is 21.3 Å². The van der Waals surface area contributed by atoms with Crippen LogP contribution in [-0.4, -0.2) is 13.2 Å². The fourth-order valence-electron chi connectivity index (χ4n) is 3.25. The Hall–Kier alpha value is -1.02. The van der Waals surface area contributed by atoms with E-state index < -0.39 is 0 Å². The van der Waals surface area contributed by atoms with Crippen molar-refractivity contribution < 1.29 is 4.74 Å². The average molecular weight is 261 g/mol. The van der Waals surface area contributed by atoms with E-state index in [1.807, 2.05) is 0 Å². The van der Waals surface area contributed by atoms with Gasteiger partial charge in [0.1, 0.15) is 5.75 Å². The normalized spacial score (nSPS) is 19.4. The molecule has 2 rings (SSSR count). The van der Waals surface area contributed by atoms with Crippen LogP contribution >= 0.6 is 0 Å². The summed E-state index contributed by atoms with van der Waals surface area (Å²) in [5, 5.41) is 3.75. The Morgan fingerprint density at radius 3 is 2.53 bits per heavy atom. The van der Waals surface area contributed by atoms with Crippen LogP contribution < -0.4 is 10.1 Å². The standard InChI is InChI=1S/C17H27NO/c1-12-9-10-16(17(11-12)19-4)14(3)18-13(2)15-7-5-6-8-15/h9-11,13-15,18H,5-8H2,1-4H3/t13-,14?/m1/s1. The molecule has 1 aliphatic rings. The maximum atomic E-state index is 5.51. The summed E-state index contributed by atoms with van der Waals surface area (Å²) in [6.07, 6.45) is 5.57. The van der Waals surface area contributed by atoms with Crippen molar-refractivity contribution in [3.8, 4) is 5.75 Å². The van der Waals surface area contributed by atoms with E-state index in [4.69, 9.17) is 4.74 Å². The summed E-state index contributed by atoms with van der Waals surface area (Å²) in [4.78, 5) is 0. The summed E-state index contributed by atoms with van der Waals surface area (Å²) in [7, 11) is 1.76. The molecule has 1 unspecified atom stereocenters. The molecule has 2 atom stereocenters. The lowest BCUT2D eigenvalue weighted by atomic mass is 9.97. The van der Waals surface area contributed by atoms with Gasteiger partial charge in [-0.05, 0) is 51.2 Å². The van der Waals surface area contributed by atoms with Crippen LogP contribution in [0.4, 0.5) is 0 Å². The maximum absolute atomic E-state index is 5.51. The molecular formula is C17H27NO. The van der Waals surface area contributed by atoms with E-state index in [1.165, 1.54) is 36.8 Å². The number of methoxy groups -OCH3 is 1. The molecule has 0 heterocycles. The van der Waals surface area contributed by atoms with E-state index in [9.17, 15) is 0 Å². The van der Waals surface area contributed by atoms with Crippen LogP contribution in [0.25, 0.3) is 0 Å². The zero-order valence-corrected chi connectivity index (χ0v) is 12.7. The Morgan fingerprint density at radius 1 is 1.21 bits per heavy atom. The highest BCUT2D eigenvalue weighted by atomic mass is 16.5. The predicted molar refractivity (Wildman–Crippen MR) is 80.7 cm³/mol. The molecule has 0 amide bonds. The first kappa shape index (κ1) is 14.4. The fourth-order valence-corrected chi connectivity index (χ4v) is 3.25. The highest BCUT2D eigenvalue weighted by molar-refractivity contribution is 5.39. The van der Waals surface area contributed by atoms with Crippen molar-refractivity contribution in [2.45, 2.75) is 58.5 Å². The van der Waals surface area contributed by atoms with Crippen LogP contribution in [-0.2, 0) is 0 Å². The summed E-state index contributed by atoms with van der Waals surface area (Å²) >= 11 is 0. The smallest absolute Gasteiger partial charge is 0.123 e. The van der Waals surface area contributed by atoms with E-state index >= 15 is 0 Å². The Bertz CT molecular complexity index is 410. The monoisotopic (exact) mass is 261 g/mol. The third kappa shape index (κ3) is 3.50. The van der Waals surface area contributed by atoms with Gasteiger partial charge < -0.3 is 10.1 Å². The molecule has 0 radical (unpaired) electrons. The average Bonchev–Trinajstić information content (AvgIpc) is 2.92. The second-order valence-corrected chi connectivity index (χ2v) is 5.97. The summed E-state index contributed by atoms with van der Waals surface area (Å²) in [5.74, 6) is 1.84. The second-order valence-electron chi connectivity index (χ2n) is 5.97. The van der Waals surface area contributed by atoms with E-state index in [0.29, 0.717) is 12.1 Å². The van der Waals surface area contributed by atoms with E-state index in [-0.39, 0.29) is 0 Å². The number of hydrogen-bond donors (Lipinski definition) is 1. The van der Waals surface area contributed by atoms with Gasteiger partial charge in [-0.15, -0.1) is 0 Å². The van der Waals surface area contributed by atoms with Gasteiger partial charge in [0.15, 0.2) is 0 Å². The predicted octanol–water partition coefficient (Wildman–Crippen LogP) is 4.23. The zero-order chi connectivity index (χ0) is 13.8. The minimum atomic E-state index is 0.339. The van der Waals surface area contributed by atoms with E-state index in [2.05, 4.69) is 44.3 Å². The molecule has 0 spiro atoms. The van der Waals surface area contributed by atoms with Gasteiger partial charge in [0, 0.05) is 17.6 Å². The molecule has 1 aromatic carbocycles. The number of ether oxygens (including phenoxy) is 1. The maximum Gasteiger partial charge on any atom is 0.123 e. The molecule has 1 saturated carbocycles. The molecule has 0 bridgehead atoms. The third-order valence-corrected chi connectivity index (χ3v) is 4.48. The Labute approximate surface area is 117 Å². The minimum Gasteiger partial charge on any atom is -0.496 e. The lowest BCUT2D eigenvalue weighted by Crippen LogP contribution is -2.34. The number of nitrogens with one attached hydrogen (secondary N) is 1. The SMILES string of the molecule is COc1cc(C)ccc1C(C)N[C@H](C)C1CCCC1. The quantitative estimate of drug-likeness (QED) is 0.856. The van der Waals surface area contributed by atoms with Gasteiger partial charge in [0.25, 0.3) is 0 Å². The Morgan fingerprint density at radius 2 is 1.89 bits per heavy atom. The number of rotatable bonds is 5. The Balaban J connectivity index is 2.04. The first-order valence-electron chi connectivity index (χ1n) is 7.52. The van der Waals surface area contributed by atoms with Crippen molar-refractivity contribution in [2.75, 3.05) is 7.11 Å². The first-order chi connectivity index (χ1) is 9.11. The van der Waals surface area contributed by atoms with Crippen LogP contribution in [0.15, 0.2) is 18.2 Å². The summed E-state index contributed by atoms with van der Waals surface area (Å²) in [6.45, 7) is 6.66. The number of aryl methyl sites for hydroxylation is 1. The molecule has 1 fully saturated rings. The largest absolute Gasteiger partial charge is 0.496 e. The zero-order valence-electron chi connectivity index (χ0n) is 12.7. The van der Waals surface area contributed by atoms with Gasteiger partial charge in [-0.3, -0.25) is 0 Å². The number of hydrogen-bond acceptors (Lipinski definition) is 2. The van der Waals surface area contributed by atoms with Crippen LogP contribution in [0, 0.1) is 12.8 Å². The van der Waals surface area contributed by atoms with Gasteiger partial charge in [-0.25, -0.2) is 0 Å². The van der Waals surface area contributed by atoms with E-state index in [0.717, 1.165) is 11.7 Å². The minimum absolute atomic E-state index is 0.339. The van der Waals surface area contributed by atoms with Gasteiger partial charge in [-0.2, -0.15) is 0 Å². The lowest BCUT2D eigenvalue weighted by molar-refractivity contribution is 0.343. The molecular weight excluding hydrogens is 234 g/mol. The van der Waals surface area contributed by atoms with Gasteiger partial charge in [0.05, 0.1) is 7.11 Å². The molecule has 1 aliphatic carbocycles. The summed E-state index contributed by atoms with van der Waals surface area (Å²) in [5.41, 5.74) is 2.51. The molecule has 1 aromatic rings. The van der Waals surface area contributed by atoms with Crippen molar-refractivity contribution in [1.82, 2.24) is 5.32 Å². The van der Waals surface area contributed by atoms with Crippen LogP contribution in [0.2, 0.25) is 0 Å². The molecule has 2 nitrogen and oxygen atoms in total. The molecule has 106 valence electrons. The van der Waals surface area contributed by atoms with Gasteiger partial charge >= 0.3 is 0 Å². The third-order valence-electron chi connectivity index (χ3n) is 4.48. The van der Waals surface area contributed by atoms with Crippen LogP contribution in [0.5, 0.6) is 5.75 Å². The van der Waals surface area contributed by atoms with Crippen molar-refractivity contribution in [3.05, 3.63) is 29.3 Å². The summed E-state index contributed by atoms with van der Waals surface area (Å²) < 4.78 is 5.51. The molecule has 2 heteroatoms. The molecule has 19 heavy (non-hydrogen) atoms. The van der Waals surface area contributed by atoms with Gasteiger partial charge in [-0.1, -0.05) is 25.0 Å².